The van der Waals surface area contributed by atoms with Gasteiger partial charge in [0.2, 0.25) is 5.79 Å². The Balaban J connectivity index is 2.50. The number of rotatable bonds is 2. The van der Waals surface area contributed by atoms with Crippen LogP contribution < -0.4 is 5.32 Å². The molecule has 0 radical (unpaired) electrons. The van der Waals surface area contributed by atoms with E-state index in [2.05, 4.69) is 21.2 Å². The lowest BCUT2D eigenvalue weighted by Gasteiger charge is -2.21. The lowest BCUT2D eigenvalue weighted by molar-refractivity contribution is -0.176. The average molecular weight is 238 g/mol. The van der Waals surface area contributed by atoms with E-state index in [4.69, 9.17) is 9.47 Å². The Morgan fingerprint density at radius 3 is 2.50 bits per heavy atom. The van der Waals surface area contributed by atoms with E-state index in [1.165, 1.54) is 0 Å². The third kappa shape index (κ3) is 2.18. The number of hydrogen-bond acceptors (Lipinski definition) is 3. The van der Waals surface area contributed by atoms with Crippen LogP contribution in [0, 0.1) is 0 Å². The predicted molar refractivity (Wildman–Crippen MR) is 46.8 cm³/mol. The van der Waals surface area contributed by atoms with Crippen molar-refractivity contribution < 1.29 is 14.3 Å². The van der Waals surface area contributed by atoms with Gasteiger partial charge in [0.1, 0.15) is 0 Å². The number of carbonyl (C=O) groups excluding carboxylic acids is 1. The van der Waals surface area contributed by atoms with Gasteiger partial charge in [-0.3, -0.25) is 4.79 Å². The number of carbonyl (C=O) groups is 1. The van der Waals surface area contributed by atoms with E-state index in [0.29, 0.717) is 13.2 Å². The van der Waals surface area contributed by atoms with Crippen molar-refractivity contribution in [2.45, 2.75) is 24.6 Å². The van der Waals surface area contributed by atoms with Gasteiger partial charge >= 0.3 is 0 Å². The first-order valence-electron chi connectivity index (χ1n) is 3.77. The van der Waals surface area contributed by atoms with Crippen molar-refractivity contribution in [2.75, 3.05) is 13.2 Å². The van der Waals surface area contributed by atoms with Gasteiger partial charge in [-0.05, 0) is 13.8 Å². The van der Waals surface area contributed by atoms with E-state index in [1.807, 2.05) is 6.92 Å². The molecule has 1 unspecified atom stereocenters. The summed E-state index contributed by atoms with van der Waals surface area (Å²) in [6.07, 6.45) is 0. The Morgan fingerprint density at radius 1 is 1.58 bits per heavy atom. The van der Waals surface area contributed by atoms with E-state index in [0.717, 1.165) is 0 Å². The zero-order valence-electron chi connectivity index (χ0n) is 7.09. The first-order valence-corrected chi connectivity index (χ1v) is 4.69. The largest absolute Gasteiger partial charge is 0.340 e. The van der Waals surface area contributed by atoms with Gasteiger partial charge in [-0.25, -0.2) is 0 Å². The minimum atomic E-state index is -1.10. The molecule has 0 saturated carbocycles. The van der Waals surface area contributed by atoms with Crippen LogP contribution >= 0.6 is 15.9 Å². The molecular weight excluding hydrogens is 226 g/mol. The highest BCUT2D eigenvalue weighted by molar-refractivity contribution is 9.09. The molecule has 12 heavy (non-hydrogen) atoms. The summed E-state index contributed by atoms with van der Waals surface area (Å²) >= 11 is 3.20. The van der Waals surface area contributed by atoms with Gasteiger partial charge in [0.05, 0.1) is 18.2 Å². The van der Waals surface area contributed by atoms with Crippen LogP contribution in [0.2, 0.25) is 0 Å². The molecule has 5 heteroatoms. The lowest BCUT2D eigenvalue weighted by atomic mass is 10.3. The molecule has 1 rings (SSSR count). The second-order valence-electron chi connectivity index (χ2n) is 2.73. The molecule has 0 spiro atoms. The summed E-state index contributed by atoms with van der Waals surface area (Å²) < 4.78 is 10.3. The fourth-order valence-corrected chi connectivity index (χ4v) is 1.17. The number of ether oxygens (including phenoxy) is 2. The van der Waals surface area contributed by atoms with E-state index >= 15 is 0 Å². The maximum absolute atomic E-state index is 11.4. The summed E-state index contributed by atoms with van der Waals surface area (Å²) in [6.45, 7) is 4.38. The number of alkyl halides is 1. The third-order valence-electron chi connectivity index (χ3n) is 1.58. The van der Waals surface area contributed by atoms with Crippen LogP contribution in [0.15, 0.2) is 0 Å². The molecule has 1 atom stereocenters. The van der Waals surface area contributed by atoms with Gasteiger partial charge in [0.25, 0.3) is 5.91 Å². The first kappa shape index (κ1) is 9.95. The van der Waals surface area contributed by atoms with Crippen molar-refractivity contribution in [2.24, 2.45) is 0 Å². The van der Waals surface area contributed by atoms with Crippen LogP contribution in [0.1, 0.15) is 13.8 Å². The molecule has 0 aromatic rings. The van der Waals surface area contributed by atoms with Crippen LogP contribution in [0.5, 0.6) is 0 Å². The topological polar surface area (TPSA) is 47.6 Å². The van der Waals surface area contributed by atoms with Crippen LogP contribution in [0.3, 0.4) is 0 Å². The number of amides is 1. The zero-order valence-corrected chi connectivity index (χ0v) is 8.68. The SMILES string of the molecule is CC(Br)NC(=O)C1(C)OCCO1. The molecular formula is C7H12BrNO3. The lowest BCUT2D eigenvalue weighted by Crippen LogP contribution is -2.47. The standard InChI is InChI=1S/C7H12BrNO3/c1-5(8)9-6(10)7(2)11-3-4-12-7/h5H,3-4H2,1-2H3,(H,9,10). The highest BCUT2D eigenvalue weighted by atomic mass is 79.9. The van der Waals surface area contributed by atoms with Gasteiger partial charge in [-0.2, -0.15) is 0 Å². The summed E-state index contributed by atoms with van der Waals surface area (Å²) in [5.74, 6) is -1.34. The van der Waals surface area contributed by atoms with Crippen molar-refractivity contribution in [1.29, 1.82) is 0 Å². The van der Waals surface area contributed by atoms with Gasteiger partial charge in [0, 0.05) is 0 Å². The smallest absolute Gasteiger partial charge is 0.280 e. The fraction of sp³-hybridized carbons (Fsp3) is 0.857. The van der Waals surface area contributed by atoms with Crippen molar-refractivity contribution >= 4 is 21.8 Å². The van der Waals surface area contributed by atoms with E-state index in [1.54, 1.807) is 6.92 Å². The fourth-order valence-electron chi connectivity index (χ4n) is 0.957. The van der Waals surface area contributed by atoms with Crippen molar-refractivity contribution in [1.82, 2.24) is 5.32 Å². The van der Waals surface area contributed by atoms with Gasteiger partial charge in [0.15, 0.2) is 0 Å². The summed E-state index contributed by atoms with van der Waals surface area (Å²) in [4.78, 5) is 11.3. The summed E-state index contributed by atoms with van der Waals surface area (Å²) in [5.41, 5.74) is 0. The highest BCUT2D eigenvalue weighted by Gasteiger charge is 2.39. The van der Waals surface area contributed by atoms with Gasteiger partial charge < -0.3 is 14.8 Å². The minimum absolute atomic E-state index is 0.0744. The number of nitrogens with one attached hydrogen (secondary N) is 1. The van der Waals surface area contributed by atoms with Gasteiger partial charge in [-0.15, -0.1) is 0 Å². The Kier molecular flexibility index (Phi) is 3.09. The molecule has 1 aliphatic rings. The molecule has 1 aliphatic heterocycles. The van der Waals surface area contributed by atoms with Crippen molar-refractivity contribution in [3.8, 4) is 0 Å². The van der Waals surface area contributed by atoms with E-state index < -0.39 is 5.79 Å². The molecule has 1 heterocycles. The first-order chi connectivity index (χ1) is 5.54. The number of halogens is 1. The van der Waals surface area contributed by atoms with E-state index in [-0.39, 0.29) is 10.9 Å². The Bertz CT molecular complexity index is 177. The maximum atomic E-state index is 11.4. The van der Waals surface area contributed by atoms with Crippen molar-refractivity contribution in [3.05, 3.63) is 0 Å². The Labute approximate surface area is 79.7 Å². The normalized spacial score (nSPS) is 23.6. The second-order valence-corrected chi connectivity index (χ2v) is 4.11. The zero-order chi connectivity index (χ0) is 9.19. The predicted octanol–water partition coefficient (Wildman–Crippen LogP) is 0.606. The summed E-state index contributed by atoms with van der Waals surface area (Å²) in [5, 5.41) is 2.65. The van der Waals surface area contributed by atoms with Crippen LogP contribution in [0.4, 0.5) is 0 Å². The molecule has 1 amide bonds. The van der Waals surface area contributed by atoms with Crippen LogP contribution in [0.25, 0.3) is 0 Å². The molecule has 1 saturated heterocycles. The molecule has 1 fully saturated rings. The molecule has 0 bridgehead atoms. The molecule has 0 aromatic heterocycles. The maximum Gasteiger partial charge on any atom is 0.280 e. The van der Waals surface area contributed by atoms with E-state index in [9.17, 15) is 4.79 Å². The molecule has 70 valence electrons. The summed E-state index contributed by atoms with van der Waals surface area (Å²) in [6, 6.07) is 0. The monoisotopic (exact) mass is 237 g/mol. The minimum Gasteiger partial charge on any atom is -0.340 e. The molecule has 0 aromatic carbocycles. The quantitative estimate of drug-likeness (QED) is 0.566. The van der Waals surface area contributed by atoms with Crippen molar-refractivity contribution in [3.63, 3.8) is 0 Å². The van der Waals surface area contributed by atoms with Crippen LogP contribution in [-0.2, 0) is 14.3 Å². The molecule has 0 aliphatic carbocycles. The highest BCUT2D eigenvalue weighted by Crippen LogP contribution is 2.18. The summed E-state index contributed by atoms with van der Waals surface area (Å²) in [7, 11) is 0. The Hall–Kier alpha value is -0.130. The number of hydrogen-bond donors (Lipinski definition) is 1. The third-order valence-corrected chi connectivity index (χ3v) is 1.81. The Morgan fingerprint density at radius 2 is 2.08 bits per heavy atom. The molecule has 4 nitrogen and oxygen atoms in total. The second kappa shape index (κ2) is 3.72. The molecule has 1 N–H and O–H groups in total. The van der Waals surface area contributed by atoms with Gasteiger partial charge in [-0.1, -0.05) is 15.9 Å². The van der Waals surface area contributed by atoms with Crippen LogP contribution in [-0.4, -0.2) is 29.9 Å². The average Bonchev–Trinajstić information content (AvgIpc) is 2.36.